The highest BCUT2D eigenvalue weighted by Gasteiger charge is 2.23. The van der Waals surface area contributed by atoms with Gasteiger partial charge in [0.2, 0.25) is 0 Å². The molecule has 0 aromatic heterocycles. The van der Waals surface area contributed by atoms with Crippen LogP contribution in [0.25, 0.3) is 0 Å². The predicted molar refractivity (Wildman–Crippen MR) is 113 cm³/mol. The highest BCUT2D eigenvalue weighted by atomic mass is 32.2. The van der Waals surface area contributed by atoms with Crippen molar-refractivity contribution < 1.29 is 13.2 Å². The largest absolute Gasteiger partial charge is 0.334 e. The zero-order valence-corrected chi connectivity index (χ0v) is 17.0. The molecule has 0 radical (unpaired) electrons. The molecule has 0 saturated carbocycles. The van der Waals surface area contributed by atoms with Gasteiger partial charge in [0.1, 0.15) is 0 Å². The van der Waals surface area contributed by atoms with Crippen LogP contribution in [0.1, 0.15) is 21.5 Å². The SMILES string of the molecule is CN(c1ccc(C(=O)N2CCc3ccccc3C2)cc1)S(=O)(=O)c1ccccc1. The van der Waals surface area contributed by atoms with Gasteiger partial charge in [0.05, 0.1) is 10.6 Å². The summed E-state index contributed by atoms with van der Waals surface area (Å²) >= 11 is 0. The Morgan fingerprint density at radius 3 is 2.17 bits per heavy atom. The van der Waals surface area contributed by atoms with Crippen LogP contribution in [0.5, 0.6) is 0 Å². The second kappa shape index (κ2) is 7.72. The van der Waals surface area contributed by atoms with Crippen molar-refractivity contribution in [1.82, 2.24) is 4.90 Å². The van der Waals surface area contributed by atoms with Gasteiger partial charge >= 0.3 is 0 Å². The Labute approximate surface area is 171 Å². The molecule has 4 rings (SSSR count). The number of fused-ring (bicyclic) bond motifs is 1. The molecule has 0 fully saturated rings. The molecule has 5 nitrogen and oxygen atoms in total. The Morgan fingerprint density at radius 2 is 1.48 bits per heavy atom. The summed E-state index contributed by atoms with van der Waals surface area (Å²) in [4.78, 5) is 15.0. The summed E-state index contributed by atoms with van der Waals surface area (Å²) in [5.41, 5.74) is 3.53. The van der Waals surface area contributed by atoms with E-state index in [0.29, 0.717) is 24.3 Å². The molecule has 0 saturated heterocycles. The van der Waals surface area contributed by atoms with Gasteiger partial charge in [-0.15, -0.1) is 0 Å². The van der Waals surface area contributed by atoms with Crippen LogP contribution in [0.15, 0.2) is 83.8 Å². The summed E-state index contributed by atoms with van der Waals surface area (Å²) in [6.45, 7) is 1.28. The predicted octanol–water partition coefficient (Wildman–Crippen LogP) is 3.71. The number of benzene rings is 3. The third-order valence-electron chi connectivity index (χ3n) is 5.30. The number of sulfonamides is 1. The van der Waals surface area contributed by atoms with E-state index < -0.39 is 10.0 Å². The van der Waals surface area contributed by atoms with Crippen molar-refractivity contribution in [1.29, 1.82) is 0 Å². The fourth-order valence-corrected chi connectivity index (χ4v) is 4.77. The lowest BCUT2D eigenvalue weighted by Crippen LogP contribution is -2.36. The molecule has 0 atom stereocenters. The molecular formula is C23H22N2O3S. The first-order chi connectivity index (χ1) is 14.0. The van der Waals surface area contributed by atoms with Crippen LogP contribution < -0.4 is 4.31 Å². The monoisotopic (exact) mass is 406 g/mol. The molecule has 1 aliphatic rings. The maximum Gasteiger partial charge on any atom is 0.264 e. The average molecular weight is 407 g/mol. The molecule has 1 heterocycles. The Hall–Kier alpha value is -3.12. The Balaban J connectivity index is 1.52. The number of nitrogens with zero attached hydrogens (tertiary/aromatic N) is 2. The molecular weight excluding hydrogens is 384 g/mol. The van der Waals surface area contributed by atoms with Crippen LogP contribution >= 0.6 is 0 Å². The standard InChI is InChI=1S/C23H22N2O3S/c1-24(29(27,28)22-9-3-2-4-10-22)21-13-11-19(12-14-21)23(26)25-16-15-18-7-5-6-8-20(18)17-25/h2-14H,15-17H2,1H3. The molecule has 0 spiro atoms. The van der Waals surface area contributed by atoms with Crippen LogP contribution in [-0.2, 0) is 23.0 Å². The quantitative estimate of drug-likeness (QED) is 0.664. The first-order valence-corrected chi connectivity index (χ1v) is 10.9. The summed E-state index contributed by atoms with van der Waals surface area (Å²) in [6.07, 6.45) is 0.845. The zero-order valence-electron chi connectivity index (χ0n) is 16.2. The number of amides is 1. The molecule has 1 aliphatic heterocycles. The molecule has 0 unspecified atom stereocenters. The van der Waals surface area contributed by atoms with Gasteiger partial charge in [-0.05, 0) is 53.9 Å². The summed E-state index contributed by atoms with van der Waals surface area (Å²) < 4.78 is 26.8. The number of rotatable bonds is 4. The zero-order chi connectivity index (χ0) is 20.4. The van der Waals surface area contributed by atoms with Gasteiger partial charge in [-0.3, -0.25) is 9.10 Å². The minimum absolute atomic E-state index is 0.0420. The molecule has 148 valence electrons. The molecule has 3 aromatic rings. The highest BCUT2D eigenvalue weighted by molar-refractivity contribution is 7.92. The van der Waals surface area contributed by atoms with Crippen molar-refractivity contribution in [3.63, 3.8) is 0 Å². The maximum absolute atomic E-state index is 12.9. The van der Waals surface area contributed by atoms with Crippen molar-refractivity contribution >= 4 is 21.6 Å². The molecule has 3 aromatic carbocycles. The third-order valence-corrected chi connectivity index (χ3v) is 7.10. The topological polar surface area (TPSA) is 57.7 Å². The minimum atomic E-state index is -3.64. The van der Waals surface area contributed by atoms with Crippen molar-refractivity contribution in [3.05, 3.63) is 95.6 Å². The van der Waals surface area contributed by atoms with Gasteiger partial charge in [-0.2, -0.15) is 0 Å². The lowest BCUT2D eigenvalue weighted by Gasteiger charge is -2.29. The number of hydrogen-bond donors (Lipinski definition) is 0. The summed E-state index contributed by atoms with van der Waals surface area (Å²) in [5, 5.41) is 0. The number of hydrogen-bond acceptors (Lipinski definition) is 3. The van der Waals surface area contributed by atoms with Gasteiger partial charge in [0.15, 0.2) is 0 Å². The first kappa shape index (κ1) is 19.2. The van der Waals surface area contributed by atoms with Gasteiger partial charge < -0.3 is 4.90 Å². The normalized spacial score (nSPS) is 13.6. The Kier molecular flexibility index (Phi) is 5.11. The Bertz CT molecular complexity index is 1130. The highest BCUT2D eigenvalue weighted by Crippen LogP contribution is 2.24. The van der Waals surface area contributed by atoms with Gasteiger partial charge in [0.25, 0.3) is 15.9 Å². The van der Waals surface area contributed by atoms with Crippen molar-refractivity contribution in [3.8, 4) is 0 Å². The van der Waals surface area contributed by atoms with E-state index in [2.05, 4.69) is 12.1 Å². The van der Waals surface area contributed by atoms with E-state index in [9.17, 15) is 13.2 Å². The average Bonchev–Trinajstić information content (AvgIpc) is 2.78. The van der Waals surface area contributed by atoms with Crippen molar-refractivity contribution in [2.45, 2.75) is 17.9 Å². The molecule has 6 heteroatoms. The number of carbonyl (C=O) groups excluding carboxylic acids is 1. The van der Waals surface area contributed by atoms with Crippen molar-refractivity contribution in [2.75, 3.05) is 17.9 Å². The van der Waals surface area contributed by atoms with E-state index in [1.54, 1.807) is 54.6 Å². The first-order valence-electron chi connectivity index (χ1n) is 9.47. The fourth-order valence-electron chi connectivity index (χ4n) is 3.55. The minimum Gasteiger partial charge on any atom is -0.334 e. The van der Waals surface area contributed by atoms with E-state index in [1.807, 2.05) is 17.0 Å². The third kappa shape index (κ3) is 3.76. The molecule has 29 heavy (non-hydrogen) atoms. The number of carbonyl (C=O) groups is 1. The Morgan fingerprint density at radius 1 is 0.862 bits per heavy atom. The lowest BCUT2D eigenvalue weighted by molar-refractivity contribution is 0.0734. The number of anilines is 1. The van der Waals surface area contributed by atoms with Crippen LogP contribution in [-0.4, -0.2) is 32.8 Å². The molecule has 1 amide bonds. The van der Waals surface area contributed by atoms with Crippen LogP contribution in [0.2, 0.25) is 0 Å². The fraction of sp³-hybridized carbons (Fsp3) is 0.174. The van der Waals surface area contributed by atoms with E-state index in [4.69, 9.17) is 0 Å². The van der Waals surface area contributed by atoms with Gasteiger partial charge in [0, 0.05) is 25.7 Å². The van der Waals surface area contributed by atoms with Crippen LogP contribution in [0.3, 0.4) is 0 Å². The van der Waals surface area contributed by atoms with Crippen LogP contribution in [0, 0.1) is 0 Å². The van der Waals surface area contributed by atoms with E-state index in [0.717, 1.165) is 6.42 Å². The summed E-state index contributed by atoms with van der Waals surface area (Å²) in [6, 6.07) is 23.2. The molecule has 0 aliphatic carbocycles. The van der Waals surface area contributed by atoms with E-state index in [-0.39, 0.29) is 10.8 Å². The summed E-state index contributed by atoms with van der Waals surface area (Å²) in [7, 11) is -2.13. The van der Waals surface area contributed by atoms with E-state index in [1.165, 1.54) is 22.5 Å². The lowest BCUT2D eigenvalue weighted by atomic mass is 9.99. The van der Waals surface area contributed by atoms with Gasteiger partial charge in [-0.25, -0.2) is 8.42 Å². The van der Waals surface area contributed by atoms with Crippen LogP contribution in [0.4, 0.5) is 5.69 Å². The van der Waals surface area contributed by atoms with Gasteiger partial charge in [-0.1, -0.05) is 42.5 Å². The van der Waals surface area contributed by atoms with E-state index >= 15 is 0 Å². The summed E-state index contributed by atoms with van der Waals surface area (Å²) in [5.74, 6) is -0.0420. The second-order valence-electron chi connectivity index (χ2n) is 7.08. The molecule has 0 bridgehead atoms. The maximum atomic E-state index is 12.9. The molecule has 0 N–H and O–H groups in total. The smallest absolute Gasteiger partial charge is 0.264 e. The van der Waals surface area contributed by atoms with Crippen molar-refractivity contribution in [2.24, 2.45) is 0 Å². The second-order valence-corrected chi connectivity index (χ2v) is 9.05.